The molecule has 156 valence electrons. The lowest BCUT2D eigenvalue weighted by Crippen LogP contribution is -2.34. The van der Waals surface area contributed by atoms with Crippen molar-refractivity contribution in [3.8, 4) is 0 Å². The highest BCUT2D eigenvalue weighted by atomic mass is 35.5. The van der Waals surface area contributed by atoms with Crippen LogP contribution in [-0.4, -0.2) is 21.3 Å². The Morgan fingerprint density at radius 3 is 2.63 bits per heavy atom. The SMILES string of the molecule is CC(N)=C(C(=N)NC(=O)Cn1c(C(C)C)nc2ccccc21)c1ccc(Cl)cc1F. The molecule has 1 amide bonds. The van der Waals surface area contributed by atoms with Gasteiger partial charge in [-0.15, -0.1) is 0 Å². The number of imidazole rings is 1. The topological polar surface area (TPSA) is 96.8 Å². The molecule has 0 spiro atoms. The van der Waals surface area contributed by atoms with Gasteiger partial charge in [0, 0.05) is 27.8 Å². The third kappa shape index (κ3) is 4.36. The van der Waals surface area contributed by atoms with Crippen LogP contribution in [0.3, 0.4) is 0 Å². The average molecular weight is 428 g/mol. The predicted molar refractivity (Wildman–Crippen MR) is 118 cm³/mol. The van der Waals surface area contributed by atoms with Crippen LogP contribution in [0.4, 0.5) is 4.39 Å². The second-order valence-corrected chi connectivity index (χ2v) is 7.74. The summed E-state index contributed by atoms with van der Waals surface area (Å²) in [7, 11) is 0. The molecule has 4 N–H and O–H groups in total. The number of hydrogen-bond donors (Lipinski definition) is 3. The Bertz CT molecular complexity index is 1160. The number of fused-ring (bicyclic) bond motifs is 1. The van der Waals surface area contributed by atoms with E-state index in [4.69, 9.17) is 22.7 Å². The molecule has 3 rings (SSSR count). The van der Waals surface area contributed by atoms with Gasteiger partial charge in [-0.2, -0.15) is 0 Å². The number of para-hydroxylation sites is 2. The van der Waals surface area contributed by atoms with E-state index in [2.05, 4.69) is 10.3 Å². The van der Waals surface area contributed by atoms with Crippen molar-refractivity contribution in [3.05, 3.63) is 70.4 Å². The molecule has 0 bridgehead atoms. The Labute approximate surface area is 179 Å². The van der Waals surface area contributed by atoms with Gasteiger partial charge in [0.25, 0.3) is 0 Å². The highest BCUT2D eigenvalue weighted by Gasteiger charge is 2.20. The number of carbonyl (C=O) groups excluding carboxylic acids is 1. The molecule has 30 heavy (non-hydrogen) atoms. The molecule has 0 saturated carbocycles. The maximum Gasteiger partial charge on any atom is 0.245 e. The number of rotatable bonds is 5. The molecule has 2 aromatic carbocycles. The lowest BCUT2D eigenvalue weighted by Gasteiger charge is -2.15. The van der Waals surface area contributed by atoms with Crippen LogP contribution in [0.5, 0.6) is 0 Å². The highest BCUT2D eigenvalue weighted by molar-refractivity contribution is 6.31. The van der Waals surface area contributed by atoms with Crippen LogP contribution in [-0.2, 0) is 11.3 Å². The fraction of sp³-hybridized carbons (Fsp3) is 0.227. The summed E-state index contributed by atoms with van der Waals surface area (Å²) >= 11 is 5.81. The minimum absolute atomic E-state index is 0.0313. The second kappa shape index (κ2) is 8.67. The first-order valence-corrected chi connectivity index (χ1v) is 9.82. The second-order valence-electron chi connectivity index (χ2n) is 7.30. The van der Waals surface area contributed by atoms with E-state index >= 15 is 0 Å². The molecule has 0 radical (unpaired) electrons. The zero-order valence-electron chi connectivity index (χ0n) is 17.0. The van der Waals surface area contributed by atoms with Crippen molar-refractivity contribution in [3.63, 3.8) is 0 Å². The van der Waals surface area contributed by atoms with Crippen molar-refractivity contribution < 1.29 is 9.18 Å². The van der Waals surface area contributed by atoms with Crippen LogP contribution in [0.2, 0.25) is 5.02 Å². The number of nitrogens with two attached hydrogens (primary N) is 1. The maximum absolute atomic E-state index is 14.4. The molecule has 1 heterocycles. The summed E-state index contributed by atoms with van der Waals surface area (Å²) in [6, 6.07) is 11.6. The van der Waals surface area contributed by atoms with E-state index in [9.17, 15) is 9.18 Å². The van der Waals surface area contributed by atoms with Gasteiger partial charge in [0.05, 0.1) is 11.0 Å². The highest BCUT2D eigenvalue weighted by Crippen LogP contribution is 2.24. The van der Waals surface area contributed by atoms with Gasteiger partial charge in [0.2, 0.25) is 5.91 Å². The number of nitrogens with zero attached hydrogens (tertiary/aromatic N) is 2. The van der Waals surface area contributed by atoms with E-state index in [1.54, 1.807) is 6.92 Å². The normalized spacial score (nSPS) is 12.2. The number of halogens is 2. The molecule has 0 fully saturated rings. The Balaban J connectivity index is 1.87. The molecule has 0 aliphatic carbocycles. The van der Waals surface area contributed by atoms with Crippen LogP contribution in [0, 0.1) is 11.2 Å². The first kappa shape index (κ1) is 21.5. The quantitative estimate of drug-likeness (QED) is 0.415. The van der Waals surface area contributed by atoms with Crippen LogP contribution in [0.15, 0.2) is 48.2 Å². The molecule has 8 heteroatoms. The van der Waals surface area contributed by atoms with E-state index in [-0.39, 0.29) is 40.2 Å². The molecule has 0 unspecified atom stereocenters. The van der Waals surface area contributed by atoms with Gasteiger partial charge in [-0.1, -0.05) is 37.6 Å². The molecular weight excluding hydrogens is 405 g/mol. The van der Waals surface area contributed by atoms with E-state index in [0.717, 1.165) is 22.9 Å². The van der Waals surface area contributed by atoms with E-state index in [1.807, 2.05) is 42.7 Å². The van der Waals surface area contributed by atoms with Crippen molar-refractivity contribution in [2.24, 2.45) is 5.73 Å². The zero-order chi connectivity index (χ0) is 22.0. The first-order valence-electron chi connectivity index (χ1n) is 9.44. The number of hydrogen-bond acceptors (Lipinski definition) is 4. The summed E-state index contributed by atoms with van der Waals surface area (Å²) in [5, 5.41) is 11.1. The average Bonchev–Trinajstić information content (AvgIpc) is 3.02. The van der Waals surface area contributed by atoms with Gasteiger partial charge in [-0.3, -0.25) is 10.2 Å². The number of amides is 1. The largest absolute Gasteiger partial charge is 0.402 e. The number of allylic oxidation sites excluding steroid dienone is 1. The minimum Gasteiger partial charge on any atom is -0.402 e. The van der Waals surface area contributed by atoms with Gasteiger partial charge in [0.15, 0.2) is 0 Å². The number of amidine groups is 1. The van der Waals surface area contributed by atoms with E-state index in [1.165, 1.54) is 12.1 Å². The van der Waals surface area contributed by atoms with Crippen molar-refractivity contribution >= 4 is 40.0 Å². The van der Waals surface area contributed by atoms with Crippen LogP contribution < -0.4 is 11.1 Å². The molecule has 6 nitrogen and oxygen atoms in total. The molecule has 0 aliphatic rings. The summed E-state index contributed by atoms with van der Waals surface area (Å²) in [6.07, 6.45) is 0. The third-order valence-corrected chi connectivity index (χ3v) is 4.85. The summed E-state index contributed by atoms with van der Waals surface area (Å²) < 4.78 is 16.2. The Morgan fingerprint density at radius 2 is 2.00 bits per heavy atom. The Morgan fingerprint density at radius 1 is 1.30 bits per heavy atom. The molecule has 0 saturated heterocycles. The number of benzene rings is 2. The van der Waals surface area contributed by atoms with Crippen LogP contribution in [0.25, 0.3) is 16.6 Å². The number of aromatic nitrogens is 2. The molecule has 3 aromatic rings. The van der Waals surface area contributed by atoms with Gasteiger partial charge >= 0.3 is 0 Å². The van der Waals surface area contributed by atoms with Crippen molar-refractivity contribution in [1.29, 1.82) is 5.41 Å². The first-order chi connectivity index (χ1) is 14.2. The maximum atomic E-state index is 14.4. The van der Waals surface area contributed by atoms with Crippen molar-refractivity contribution in [1.82, 2.24) is 14.9 Å². The van der Waals surface area contributed by atoms with Gasteiger partial charge in [0.1, 0.15) is 24.0 Å². The third-order valence-electron chi connectivity index (χ3n) is 4.61. The minimum atomic E-state index is -0.621. The predicted octanol–water partition coefficient (Wildman–Crippen LogP) is 4.44. The zero-order valence-corrected chi connectivity index (χ0v) is 17.7. The molecule has 1 aromatic heterocycles. The van der Waals surface area contributed by atoms with Crippen molar-refractivity contribution in [2.75, 3.05) is 0 Å². The van der Waals surface area contributed by atoms with E-state index < -0.39 is 11.7 Å². The van der Waals surface area contributed by atoms with Gasteiger partial charge in [-0.05, 0) is 37.3 Å². The fourth-order valence-electron chi connectivity index (χ4n) is 3.32. The molecule has 0 aliphatic heterocycles. The summed E-state index contributed by atoms with van der Waals surface area (Å²) in [5.74, 6) is -0.458. The van der Waals surface area contributed by atoms with Gasteiger partial charge in [-0.25, -0.2) is 9.37 Å². The lowest BCUT2D eigenvalue weighted by molar-refractivity contribution is -0.120. The van der Waals surface area contributed by atoms with E-state index in [0.29, 0.717) is 0 Å². The lowest BCUT2D eigenvalue weighted by atomic mass is 10.0. The molecular formula is C22H23ClFN5O. The van der Waals surface area contributed by atoms with Crippen molar-refractivity contribution in [2.45, 2.75) is 33.2 Å². The summed E-state index contributed by atoms with van der Waals surface area (Å²) in [6.45, 7) is 5.51. The Hall–Kier alpha value is -3.19. The molecule has 0 atom stereocenters. The fourth-order valence-corrected chi connectivity index (χ4v) is 3.48. The van der Waals surface area contributed by atoms with Crippen LogP contribution in [0.1, 0.15) is 38.1 Å². The summed E-state index contributed by atoms with van der Waals surface area (Å²) in [5.41, 5.74) is 7.94. The smallest absolute Gasteiger partial charge is 0.245 e. The Kier molecular flexibility index (Phi) is 6.22. The summed E-state index contributed by atoms with van der Waals surface area (Å²) in [4.78, 5) is 17.4. The van der Waals surface area contributed by atoms with Gasteiger partial charge < -0.3 is 15.6 Å². The number of nitrogens with one attached hydrogen (secondary N) is 2. The standard InChI is InChI=1S/C22H23ClFN5O/c1-12(2)22-27-17-6-4-5-7-18(17)29(22)11-19(30)28-21(26)20(13(3)25)15-9-8-14(23)10-16(15)24/h4-10,12H,11,25H2,1-3H3,(H2,26,28,30). The monoisotopic (exact) mass is 427 g/mol. The number of carbonyl (C=O) groups is 1. The van der Waals surface area contributed by atoms with Crippen LogP contribution >= 0.6 is 11.6 Å².